The highest BCUT2D eigenvalue weighted by atomic mass is 16.5. The van der Waals surface area contributed by atoms with Gasteiger partial charge in [0, 0.05) is 13.2 Å². The molecule has 16 heavy (non-hydrogen) atoms. The highest BCUT2D eigenvalue weighted by Gasteiger charge is 2.27. The van der Waals surface area contributed by atoms with Crippen LogP contribution in [0.5, 0.6) is 0 Å². The van der Waals surface area contributed by atoms with Gasteiger partial charge >= 0.3 is 0 Å². The molecule has 1 atom stereocenters. The third kappa shape index (κ3) is 4.81. The first-order chi connectivity index (χ1) is 7.57. The molecule has 0 radical (unpaired) electrons. The number of ether oxygens (including phenoxy) is 2. The Balaban J connectivity index is 2.18. The maximum Gasteiger partial charge on any atom is 0.0930 e. The molecule has 1 fully saturated rings. The van der Waals surface area contributed by atoms with Crippen molar-refractivity contribution in [3.8, 4) is 0 Å². The highest BCUT2D eigenvalue weighted by Crippen LogP contribution is 2.36. The predicted octanol–water partition coefficient (Wildman–Crippen LogP) is 2.34. The molecule has 0 amide bonds. The van der Waals surface area contributed by atoms with E-state index in [0.29, 0.717) is 31.3 Å². The van der Waals surface area contributed by atoms with E-state index in [9.17, 15) is 0 Å². The number of nitrogens with two attached hydrogens (primary N) is 1. The average Bonchev–Trinajstić information content (AvgIpc) is 2.26. The summed E-state index contributed by atoms with van der Waals surface area (Å²) in [6.45, 7) is 8.58. The first-order valence-corrected chi connectivity index (χ1v) is 6.50. The van der Waals surface area contributed by atoms with Crippen LogP contribution in [0.2, 0.25) is 0 Å². The molecule has 1 aliphatic carbocycles. The molecule has 0 aromatic rings. The summed E-state index contributed by atoms with van der Waals surface area (Å²) in [7, 11) is 0. The second kappa shape index (κ2) is 6.58. The minimum Gasteiger partial charge on any atom is -0.375 e. The van der Waals surface area contributed by atoms with Gasteiger partial charge in [0.25, 0.3) is 0 Å². The molecule has 1 rings (SSSR count). The Bertz CT molecular complexity index is 184. The van der Waals surface area contributed by atoms with Crippen LogP contribution in [0.15, 0.2) is 0 Å². The summed E-state index contributed by atoms with van der Waals surface area (Å²) in [6, 6.07) is 0. The Kier molecular flexibility index (Phi) is 5.73. The molecule has 0 saturated heterocycles. The number of hydrogen-bond donors (Lipinski definition) is 1. The average molecular weight is 229 g/mol. The molecule has 0 aliphatic heterocycles. The summed E-state index contributed by atoms with van der Waals surface area (Å²) in [5.74, 6) is 0. The summed E-state index contributed by atoms with van der Waals surface area (Å²) in [5.41, 5.74) is 6.12. The zero-order valence-electron chi connectivity index (χ0n) is 11.0. The van der Waals surface area contributed by atoms with E-state index in [1.54, 1.807) is 0 Å². The Labute approximate surface area is 99.7 Å². The van der Waals surface area contributed by atoms with Crippen LogP contribution >= 0.6 is 0 Å². The molecule has 3 heteroatoms. The third-order valence-electron chi connectivity index (χ3n) is 3.47. The largest absolute Gasteiger partial charge is 0.375 e. The zero-order valence-corrected chi connectivity index (χ0v) is 11.0. The second-order valence-electron chi connectivity index (χ2n) is 5.51. The fraction of sp³-hybridized carbons (Fsp3) is 1.00. The molecule has 0 heterocycles. The summed E-state index contributed by atoms with van der Waals surface area (Å²) >= 11 is 0. The van der Waals surface area contributed by atoms with Gasteiger partial charge in [-0.2, -0.15) is 0 Å². The standard InChI is InChI=1S/C13H27NO2/c1-4-15-12(9-14)10-16-11-5-7-13(2,3)8-6-11/h11-12H,4-10,14H2,1-3H3. The number of rotatable bonds is 6. The van der Waals surface area contributed by atoms with E-state index in [2.05, 4.69) is 13.8 Å². The summed E-state index contributed by atoms with van der Waals surface area (Å²) in [4.78, 5) is 0. The van der Waals surface area contributed by atoms with Crippen molar-refractivity contribution < 1.29 is 9.47 Å². The van der Waals surface area contributed by atoms with Crippen LogP contribution in [0.4, 0.5) is 0 Å². The van der Waals surface area contributed by atoms with Gasteiger partial charge in [0.1, 0.15) is 0 Å². The van der Waals surface area contributed by atoms with Crippen LogP contribution < -0.4 is 5.73 Å². The zero-order chi connectivity index (χ0) is 12.0. The quantitative estimate of drug-likeness (QED) is 0.760. The van der Waals surface area contributed by atoms with Gasteiger partial charge < -0.3 is 15.2 Å². The van der Waals surface area contributed by atoms with E-state index in [1.165, 1.54) is 25.7 Å². The molecule has 0 aromatic heterocycles. The molecule has 0 bridgehead atoms. The monoisotopic (exact) mass is 229 g/mol. The Morgan fingerprint density at radius 2 is 1.94 bits per heavy atom. The summed E-state index contributed by atoms with van der Waals surface area (Å²) in [5, 5.41) is 0. The molecule has 3 nitrogen and oxygen atoms in total. The number of hydrogen-bond acceptors (Lipinski definition) is 3. The third-order valence-corrected chi connectivity index (χ3v) is 3.47. The van der Waals surface area contributed by atoms with Crippen molar-refractivity contribution in [3.05, 3.63) is 0 Å². The van der Waals surface area contributed by atoms with Gasteiger partial charge in [-0.3, -0.25) is 0 Å². The minimum atomic E-state index is 0.0694. The highest BCUT2D eigenvalue weighted by molar-refractivity contribution is 4.79. The van der Waals surface area contributed by atoms with E-state index >= 15 is 0 Å². The van der Waals surface area contributed by atoms with Crippen molar-refractivity contribution in [2.24, 2.45) is 11.1 Å². The SMILES string of the molecule is CCOC(CN)COC1CCC(C)(C)CC1. The Hall–Kier alpha value is -0.120. The lowest BCUT2D eigenvalue weighted by Crippen LogP contribution is -2.33. The van der Waals surface area contributed by atoms with Gasteiger partial charge in [0.15, 0.2) is 0 Å². The van der Waals surface area contributed by atoms with Crippen molar-refractivity contribution >= 4 is 0 Å². The van der Waals surface area contributed by atoms with Crippen LogP contribution in [0.3, 0.4) is 0 Å². The van der Waals surface area contributed by atoms with Gasteiger partial charge in [0.2, 0.25) is 0 Å². The minimum absolute atomic E-state index is 0.0694. The van der Waals surface area contributed by atoms with E-state index in [1.807, 2.05) is 6.92 Å². The summed E-state index contributed by atoms with van der Waals surface area (Å²) in [6.07, 6.45) is 5.37. The van der Waals surface area contributed by atoms with Crippen LogP contribution in [-0.4, -0.2) is 32.0 Å². The summed E-state index contributed by atoms with van der Waals surface area (Å²) < 4.78 is 11.3. The van der Waals surface area contributed by atoms with Crippen LogP contribution in [0.1, 0.15) is 46.5 Å². The van der Waals surface area contributed by atoms with E-state index < -0.39 is 0 Å². The van der Waals surface area contributed by atoms with E-state index in [4.69, 9.17) is 15.2 Å². The first kappa shape index (κ1) is 13.9. The van der Waals surface area contributed by atoms with Gasteiger partial charge in [-0.25, -0.2) is 0 Å². The molecule has 1 aliphatic rings. The van der Waals surface area contributed by atoms with E-state index in [0.717, 1.165) is 0 Å². The maximum atomic E-state index is 5.88. The fourth-order valence-electron chi connectivity index (χ4n) is 2.20. The van der Waals surface area contributed by atoms with Gasteiger partial charge in [-0.1, -0.05) is 13.8 Å². The smallest absolute Gasteiger partial charge is 0.0930 e. The molecule has 1 unspecified atom stereocenters. The van der Waals surface area contributed by atoms with Crippen LogP contribution in [0, 0.1) is 5.41 Å². The molecule has 2 N–H and O–H groups in total. The molecular formula is C13H27NO2. The molecular weight excluding hydrogens is 202 g/mol. The van der Waals surface area contributed by atoms with Crippen molar-refractivity contribution in [1.29, 1.82) is 0 Å². The predicted molar refractivity (Wildman–Crippen MR) is 66.5 cm³/mol. The fourth-order valence-corrected chi connectivity index (χ4v) is 2.20. The maximum absolute atomic E-state index is 5.88. The van der Waals surface area contributed by atoms with Gasteiger partial charge in [0.05, 0.1) is 18.8 Å². The molecule has 1 saturated carbocycles. The second-order valence-corrected chi connectivity index (χ2v) is 5.51. The molecule has 0 spiro atoms. The topological polar surface area (TPSA) is 44.5 Å². The molecule has 96 valence electrons. The first-order valence-electron chi connectivity index (χ1n) is 6.50. The van der Waals surface area contributed by atoms with Crippen molar-refractivity contribution in [2.45, 2.75) is 58.7 Å². The molecule has 0 aromatic carbocycles. The van der Waals surface area contributed by atoms with Crippen LogP contribution in [0.25, 0.3) is 0 Å². The van der Waals surface area contributed by atoms with Crippen molar-refractivity contribution in [3.63, 3.8) is 0 Å². The lowest BCUT2D eigenvalue weighted by molar-refractivity contribution is -0.0560. The lowest BCUT2D eigenvalue weighted by atomic mass is 9.76. The van der Waals surface area contributed by atoms with Crippen molar-refractivity contribution in [1.82, 2.24) is 0 Å². The van der Waals surface area contributed by atoms with Gasteiger partial charge in [-0.05, 0) is 38.0 Å². The Morgan fingerprint density at radius 3 is 2.44 bits per heavy atom. The van der Waals surface area contributed by atoms with Gasteiger partial charge in [-0.15, -0.1) is 0 Å². The van der Waals surface area contributed by atoms with Crippen LogP contribution in [-0.2, 0) is 9.47 Å². The normalized spacial score (nSPS) is 23.2. The lowest BCUT2D eigenvalue weighted by Gasteiger charge is -2.34. The van der Waals surface area contributed by atoms with E-state index in [-0.39, 0.29) is 6.10 Å². The van der Waals surface area contributed by atoms with Crippen molar-refractivity contribution in [2.75, 3.05) is 19.8 Å². The Morgan fingerprint density at radius 1 is 1.31 bits per heavy atom.